The minimum atomic E-state index is -0.577. The highest BCUT2D eigenvalue weighted by Gasteiger charge is 2.23. The highest BCUT2D eigenvalue weighted by molar-refractivity contribution is 6.28. The molecule has 0 amide bonds. The van der Waals surface area contributed by atoms with Crippen LogP contribution < -0.4 is 0 Å². The Labute approximate surface area is 133 Å². The molecule has 0 N–H and O–H groups in total. The molecule has 6 heteroatoms. The van der Waals surface area contributed by atoms with Crippen LogP contribution in [0, 0.1) is 18.3 Å². The molecule has 0 saturated carbocycles. The Kier molecular flexibility index (Phi) is 3.78. The predicted octanol–water partition coefficient (Wildman–Crippen LogP) is 3.46. The Morgan fingerprint density at radius 2 is 2.05 bits per heavy atom. The molecule has 0 aliphatic heterocycles. The molecule has 0 radical (unpaired) electrons. The maximum absolute atomic E-state index is 9.65. The number of fused-ring (bicyclic) bond motifs is 1. The summed E-state index contributed by atoms with van der Waals surface area (Å²) in [5.41, 5.74) is 3.19. The number of imidazole rings is 1. The van der Waals surface area contributed by atoms with E-state index in [-0.39, 0.29) is 5.28 Å². The van der Waals surface area contributed by atoms with Gasteiger partial charge in [0.05, 0.1) is 22.8 Å². The van der Waals surface area contributed by atoms with Gasteiger partial charge in [0, 0.05) is 12.2 Å². The molecular formula is C16H14ClN5. The van der Waals surface area contributed by atoms with Gasteiger partial charge in [0.1, 0.15) is 11.7 Å². The van der Waals surface area contributed by atoms with E-state index in [0.717, 1.165) is 23.3 Å². The van der Waals surface area contributed by atoms with Gasteiger partial charge in [0.25, 0.3) is 0 Å². The number of hydrogen-bond donors (Lipinski definition) is 0. The van der Waals surface area contributed by atoms with Gasteiger partial charge in [-0.1, -0.05) is 12.1 Å². The predicted molar refractivity (Wildman–Crippen MR) is 84.6 cm³/mol. The van der Waals surface area contributed by atoms with Gasteiger partial charge in [0.15, 0.2) is 0 Å². The number of rotatable bonds is 3. The lowest BCUT2D eigenvalue weighted by Gasteiger charge is -2.11. The zero-order valence-electron chi connectivity index (χ0n) is 12.3. The van der Waals surface area contributed by atoms with Crippen LogP contribution in [0.25, 0.3) is 11.0 Å². The smallest absolute Gasteiger partial charge is 0.222 e. The Morgan fingerprint density at radius 3 is 2.73 bits per heavy atom. The van der Waals surface area contributed by atoms with Crippen molar-refractivity contribution < 1.29 is 0 Å². The van der Waals surface area contributed by atoms with Crippen LogP contribution >= 0.6 is 11.6 Å². The van der Waals surface area contributed by atoms with Gasteiger partial charge in [-0.25, -0.2) is 15.0 Å². The number of benzene rings is 1. The van der Waals surface area contributed by atoms with Gasteiger partial charge < -0.3 is 4.57 Å². The molecule has 0 fully saturated rings. The average Bonchev–Trinajstić information content (AvgIpc) is 2.85. The third-order valence-electron chi connectivity index (χ3n) is 3.53. The summed E-state index contributed by atoms with van der Waals surface area (Å²) < 4.78 is 2.04. The Morgan fingerprint density at radius 1 is 1.27 bits per heavy atom. The molecule has 3 aromatic rings. The van der Waals surface area contributed by atoms with E-state index in [2.05, 4.69) is 21.0 Å². The first-order chi connectivity index (χ1) is 10.6. The largest absolute Gasteiger partial charge is 0.327 e. The zero-order valence-corrected chi connectivity index (χ0v) is 13.0. The van der Waals surface area contributed by atoms with Crippen molar-refractivity contribution in [2.75, 3.05) is 0 Å². The number of aryl methyl sites for hydroxylation is 2. The van der Waals surface area contributed by atoms with Crippen molar-refractivity contribution in [3.8, 4) is 6.07 Å². The van der Waals surface area contributed by atoms with Crippen LogP contribution in [0.4, 0.5) is 0 Å². The van der Waals surface area contributed by atoms with E-state index >= 15 is 0 Å². The zero-order chi connectivity index (χ0) is 15.7. The summed E-state index contributed by atoms with van der Waals surface area (Å²) >= 11 is 5.93. The third-order valence-corrected chi connectivity index (χ3v) is 3.70. The highest BCUT2D eigenvalue weighted by atomic mass is 35.5. The maximum atomic E-state index is 9.65. The molecule has 0 bridgehead atoms. The maximum Gasteiger partial charge on any atom is 0.222 e. The summed E-state index contributed by atoms with van der Waals surface area (Å²) in [4.78, 5) is 12.9. The molecule has 1 unspecified atom stereocenters. The fourth-order valence-electron chi connectivity index (χ4n) is 2.61. The van der Waals surface area contributed by atoms with Crippen molar-refractivity contribution in [1.29, 1.82) is 5.26 Å². The average molecular weight is 312 g/mol. The van der Waals surface area contributed by atoms with Crippen molar-refractivity contribution in [2.24, 2.45) is 0 Å². The first kappa shape index (κ1) is 14.5. The second-order valence-electron chi connectivity index (χ2n) is 4.97. The molecule has 22 heavy (non-hydrogen) atoms. The Hall–Kier alpha value is -2.45. The Bertz CT molecular complexity index is 858. The molecule has 0 spiro atoms. The van der Waals surface area contributed by atoms with Gasteiger partial charge in [-0.15, -0.1) is 0 Å². The summed E-state index contributed by atoms with van der Waals surface area (Å²) in [5, 5.41) is 9.80. The SMILES string of the molecule is CCn1c(C(C#N)c2cc(C)nc(Cl)n2)nc2ccccc21. The van der Waals surface area contributed by atoms with Crippen LogP contribution in [-0.4, -0.2) is 19.5 Å². The highest BCUT2D eigenvalue weighted by Crippen LogP contribution is 2.27. The van der Waals surface area contributed by atoms with Crippen molar-refractivity contribution >= 4 is 22.6 Å². The first-order valence-corrected chi connectivity index (χ1v) is 7.37. The number of nitrogens with zero attached hydrogens (tertiary/aromatic N) is 5. The normalized spacial score (nSPS) is 12.3. The van der Waals surface area contributed by atoms with Crippen LogP contribution in [0.1, 0.15) is 30.1 Å². The number of aromatic nitrogens is 4. The van der Waals surface area contributed by atoms with Crippen LogP contribution in [0.15, 0.2) is 30.3 Å². The molecule has 1 aromatic carbocycles. The van der Waals surface area contributed by atoms with E-state index in [9.17, 15) is 5.26 Å². The first-order valence-electron chi connectivity index (χ1n) is 7.00. The lowest BCUT2D eigenvalue weighted by Crippen LogP contribution is -2.10. The van der Waals surface area contributed by atoms with E-state index in [1.54, 1.807) is 6.07 Å². The summed E-state index contributed by atoms with van der Waals surface area (Å²) in [6.45, 7) is 4.59. The van der Waals surface area contributed by atoms with Crippen LogP contribution in [0.5, 0.6) is 0 Å². The minimum Gasteiger partial charge on any atom is -0.327 e. The fraction of sp³-hybridized carbons (Fsp3) is 0.250. The van der Waals surface area contributed by atoms with Gasteiger partial charge in [-0.05, 0) is 43.6 Å². The van der Waals surface area contributed by atoms with E-state index in [4.69, 9.17) is 11.6 Å². The van der Waals surface area contributed by atoms with Gasteiger partial charge >= 0.3 is 0 Å². The van der Waals surface area contributed by atoms with Crippen molar-refractivity contribution in [2.45, 2.75) is 26.3 Å². The van der Waals surface area contributed by atoms with Crippen LogP contribution in [0.2, 0.25) is 5.28 Å². The number of nitriles is 1. The van der Waals surface area contributed by atoms with Gasteiger partial charge in [0.2, 0.25) is 5.28 Å². The van der Waals surface area contributed by atoms with Crippen molar-refractivity contribution in [1.82, 2.24) is 19.5 Å². The monoisotopic (exact) mass is 311 g/mol. The second kappa shape index (κ2) is 5.74. The van der Waals surface area contributed by atoms with Crippen LogP contribution in [-0.2, 0) is 6.54 Å². The number of para-hydroxylation sites is 2. The number of halogens is 1. The van der Waals surface area contributed by atoms with E-state index in [1.807, 2.05) is 42.7 Å². The van der Waals surface area contributed by atoms with E-state index in [1.165, 1.54) is 0 Å². The molecule has 110 valence electrons. The van der Waals surface area contributed by atoms with Gasteiger partial charge in [-0.2, -0.15) is 5.26 Å². The summed E-state index contributed by atoms with van der Waals surface area (Å²) in [6.07, 6.45) is 0. The third kappa shape index (κ3) is 2.42. The summed E-state index contributed by atoms with van der Waals surface area (Å²) in [7, 11) is 0. The molecule has 0 aliphatic rings. The van der Waals surface area contributed by atoms with E-state index in [0.29, 0.717) is 11.5 Å². The van der Waals surface area contributed by atoms with Gasteiger partial charge in [-0.3, -0.25) is 0 Å². The molecule has 5 nitrogen and oxygen atoms in total. The number of hydrogen-bond acceptors (Lipinski definition) is 4. The molecule has 0 saturated heterocycles. The van der Waals surface area contributed by atoms with Crippen LogP contribution in [0.3, 0.4) is 0 Å². The summed E-state index contributed by atoms with van der Waals surface area (Å²) in [5.74, 6) is 0.104. The lowest BCUT2D eigenvalue weighted by molar-refractivity contribution is 0.703. The fourth-order valence-corrected chi connectivity index (χ4v) is 2.84. The molecule has 1 atom stereocenters. The van der Waals surface area contributed by atoms with Crippen molar-refractivity contribution in [3.63, 3.8) is 0 Å². The lowest BCUT2D eigenvalue weighted by atomic mass is 10.1. The van der Waals surface area contributed by atoms with E-state index < -0.39 is 5.92 Å². The van der Waals surface area contributed by atoms with Crippen molar-refractivity contribution in [3.05, 3.63) is 52.8 Å². The quantitative estimate of drug-likeness (QED) is 0.695. The topological polar surface area (TPSA) is 67.4 Å². The summed E-state index contributed by atoms with van der Waals surface area (Å²) in [6, 6.07) is 11.9. The second-order valence-corrected chi connectivity index (χ2v) is 5.31. The molecule has 2 aromatic heterocycles. The molecular weight excluding hydrogens is 298 g/mol. The standard InChI is InChI=1S/C16H14ClN5/c1-3-22-14-7-5-4-6-12(14)20-15(22)11(9-18)13-8-10(2)19-16(17)21-13/h4-8,11H,3H2,1-2H3. The minimum absolute atomic E-state index is 0.148. The molecule has 2 heterocycles. The Balaban J connectivity index is 2.21. The molecule has 0 aliphatic carbocycles. The molecule has 3 rings (SSSR count).